The van der Waals surface area contributed by atoms with Crippen molar-refractivity contribution in [3.8, 4) is 11.5 Å². The highest BCUT2D eigenvalue weighted by Crippen LogP contribution is 2.26. The largest absolute Gasteiger partial charge is 0.453 e. The Bertz CT molecular complexity index is 1130. The summed E-state index contributed by atoms with van der Waals surface area (Å²) in [6.45, 7) is 0. The SMILES string of the molecule is O=C(/C=C/c1ccc(Oc2cccnc2)c(F)c1)Nc1ccc2c(c1)CCC(=O)N2. The molecule has 0 saturated carbocycles. The van der Waals surface area contributed by atoms with Gasteiger partial charge >= 0.3 is 0 Å². The number of nitrogens with zero attached hydrogens (tertiary/aromatic N) is 1. The number of rotatable bonds is 5. The first-order chi connectivity index (χ1) is 14.6. The summed E-state index contributed by atoms with van der Waals surface area (Å²) in [5, 5.41) is 5.57. The van der Waals surface area contributed by atoms with Crippen molar-refractivity contribution in [3.05, 3.63) is 83.9 Å². The van der Waals surface area contributed by atoms with Crippen molar-refractivity contribution in [1.82, 2.24) is 4.98 Å². The Hall–Kier alpha value is -4.00. The van der Waals surface area contributed by atoms with Gasteiger partial charge in [-0.15, -0.1) is 0 Å². The topological polar surface area (TPSA) is 80.3 Å². The highest BCUT2D eigenvalue weighted by Gasteiger charge is 2.15. The molecule has 0 radical (unpaired) electrons. The summed E-state index contributed by atoms with van der Waals surface area (Å²) in [6, 6.07) is 13.1. The van der Waals surface area contributed by atoms with Gasteiger partial charge in [0.2, 0.25) is 11.8 Å². The second-order valence-corrected chi connectivity index (χ2v) is 6.72. The van der Waals surface area contributed by atoms with Crippen LogP contribution in [0.3, 0.4) is 0 Å². The highest BCUT2D eigenvalue weighted by molar-refractivity contribution is 6.02. The summed E-state index contributed by atoms with van der Waals surface area (Å²) < 4.78 is 19.7. The fourth-order valence-electron chi connectivity index (χ4n) is 3.05. The number of amides is 2. The molecule has 4 rings (SSSR count). The first kappa shape index (κ1) is 19.3. The third-order valence-electron chi connectivity index (χ3n) is 4.51. The van der Waals surface area contributed by atoms with Crippen molar-refractivity contribution in [1.29, 1.82) is 0 Å². The van der Waals surface area contributed by atoms with Crippen LogP contribution in [-0.2, 0) is 16.0 Å². The number of pyridine rings is 1. The molecule has 0 saturated heterocycles. The zero-order valence-electron chi connectivity index (χ0n) is 15.9. The van der Waals surface area contributed by atoms with Crippen LogP contribution in [0.5, 0.6) is 11.5 Å². The molecule has 0 atom stereocenters. The first-order valence-electron chi connectivity index (χ1n) is 9.36. The van der Waals surface area contributed by atoms with E-state index in [0.29, 0.717) is 29.8 Å². The van der Waals surface area contributed by atoms with Gasteiger partial charge < -0.3 is 15.4 Å². The van der Waals surface area contributed by atoms with Crippen LogP contribution in [0.2, 0.25) is 0 Å². The number of halogens is 1. The Morgan fingerprint density at radius 2 is 2.07 bits per heavy atom. The van der Waals surface area contributed by atoms with E-state index >= 15 is 0 Å². The first-order valence-corrected chi connectivity index (χ1v) is 9.36. The maximum Gasteiger partial charge on any atom is 0.248 e. The van der Waals surface area contributed by atoms with Gasteiger partial charge in [-0.25, -0.2) is 4.39 Å². The predicted molar refractivity (Wildman–Crippen MR) is 112 cm³/mol. The number of nitrogens with one attached hydrogen (secondary N) is 2. The number of hydrogen-bond acceptors (Lipinski definition) is 4. The summed E-state index contributed by atoms with van der Waals surface area (Å²) in [4.78, 5) is 27.5. The second kappa shape index (κ2) is 8.57. The minimum atomic E-state index is -0.543. The van der Waals surface area contributed by atoms with Gasteiger partial charge in [0.1, 0.15) is 5.75 Å². The molecule has 1 aromatic heterocycles. The maximum atomic E-state index is 14.3. The summed E-state index contributed by atoms with van der Waals surface area (Å²) in [5.74, 6) is -0.384. The van der Waals surface area contributed by atoms with Crippen molar-refractivity contribution in [3.63, 3.8) is 0 Å². The van der Waals surface area contributed by atoms with Crippen LogP contribution in [0, 0.1) is 5.82 Å². The lowest BCUT2D eigenvalue weighted by molar-refractivity contribution is -0.116. The number of carbonyl (C=O) groups excluding carboxylic acids is 2. The molecule has 2 aromatic carbocycles. The Balaban J connectivity index is 1.39. The van der Waals surface area contributed by atoms with Crippen molar-refractivity contribution in [2.75, 3.05) is 10.6 Å². The number of benzene rings is 2. The van der Waals surface area contributed by atoms with Crippen molar-refractivity contribution < 1.29 is 18.7 Å². The number of ether oxygens (including phenoxy) is 1. The monoisotopic (exact) mass is 403 g/mol. The third kappa shape index (κ3) is 4.70. The molecular formula is C23H18FN3O3. The lowest BCUT2D eigenvalue weighted by Gasteiger charge is -2.17. The van der Waals surface area contributed by atoms with E-state index in [0.717, 1.165) is 11.3 Å². The van der Waals surface area contributed by atoms with E-state index < -0.39 is 5.82 Å². The van der Waals surface area contributed by atoms with Crippen LogP contribution >= 0.6 is 0 Å². The van der Waals surface area contributed by atoms with E-state index in [-0.39, 0.29) is 17.6 Å². The van der Waals surface area contributed by atoms with E-state index in [1.165, 1.54) is 30.5 Å². The molecule has 3 aromatic rings. The zero-order valence-corrected chi connectivity index (χ0v) is 15.9. The Morgan fingerprint density at radius 1 is 1.17 bits per heavy atom. The van der Waals surface area contributed by atoms with Gasteiger partial charge in [-0.3, -0.25) is 14.6 Å². The Morgan fingerprint density at radius 3 is 2.87 bits per heavy atom. The van der Waals surface area contributed by atoms with Gasteiger partial charge in [0.25, 0.3) is 0 Å². The summed E-state index contributed by atoms with van der Waals surface area (Å²) in [6.07, 6.45) is 7.00. The molecule has 0 bridgehead atoms. The van der Waals surface area contributed by atoms with E-state index in [9.17, 15) is 14.0 Å². The minimum Gasteiger partial charge on any atom is -0.453 e. The van der Waals surface area contributed by atoms with Crippen molar-refractivity contribution >= 4 is 29.3 Å². The molecule has 30 heavy (non-hydrogen) atoms. The molecule has 6 nitrogen and oxygen atoms in total. The van der Waals surface area contributed by atoms with E-state index in [4.69, 9.17) is 4.74 Å². The van der Waals surface area contributed by atoms with Crippen LogP contribution in [0.1, 0.15) is 17.5 Å². The Kier molecular flexibility index (Phi) is 5.52. The van der Waals surface area contributed by atoms with E-state index in [1.54, 1.807) is 36.5 Å². The average Bonchev–Trinajstić information content (AvgIpc) is 2.75. The molecule has 7 heteroatoms. The van der Waals surface area contributed by atoms with Gasteiger partial charge in [0, 0.05) is 30.1 Å². The van der Waals surface area contributed by atoms with Gasteiger partial charge in [-0.2, -0.15) is 0 Å². The van der Waals surface area contributed by atoms with E-state index in [1.807, 2.05) is 6.07 Å². The maximum absolute atomic E-state index is 14.3. The second-order valence-electron chi connectivity index (χ2n) is 6.72. The van der Waals surface area contributed by atoms with Crippen LogP contribution in [0.15, 0.2) is 67.0 Å². The van der Waals surface area contributed by atoms with Gasteiger partial charge in [-0.05, 0) is 66.1 Å². The highest BCUT2D eigenvalue weighted by atomic mass is 19.1. The van der Waals surface area contributed by atoms with Crippen LogP contribution in [0.4, 0.5) is 15.8 Å². The molecular weight excluding hydrogens is 385 g/mol. The molecule has 1 aliphatic rings. The quantitative estimate of drug-likeness (QED) is 0.613. The van der Waals surface area contributed by atoms with Crippen molar-refractivity contribution in [2.24, 2.45) is 0 Å². The van der Waals surface area contributed by atoms with Crippen LogP contribution in [0.25, 0.3) is 6.08 Å². The van der Waals surface area contributed by atoms with Crippen molar-refractivity contribution in [2.45, 2.75) is 12.8 Å². The number of anilines is 2. The van der Waals surface area contributed by atoms with Gasteiger partial charge in [0.15, 0.2) is 11.6 Å². The van der Waals surface area contributed by atoms with Gasteiger partial charge in [-0.1, -0.05) is 6.07 Å². The predicted octanol–water partition coefficient (Wildman–Crippen LogP) is 4.55. The zero-order chi connectivity index (χ0) is 20.9. The molecule has 2 amide bonds. The fraction of sp³-hybridized carbons (Fsp3) is 0.0870. The molecule has 1 aliphatic heterocycles. The molecule has 0 aliphatic carbocycles. The molecule has 150 valence electrons. The number of fused-ring (bicyclic) bond motifs is 1. The summed E-state index contributed by atoms with van der Waals surface area (Å²) in [5.41, 5.74) is 2.90. The molecule has 2 heterocycles. The summed E-state index contributed by atoms with van der Waals surface area (Å²) >= 11 is 0. The lowest BCUT2D eigenvalue weighted by atomic mass is 10.0. The third-order valence-corrected chi connectivity index (χ3v) is 4.51. The van der Waals surface area contributed by atoms with Gasteiger partial charge in [0.05, 0.1) is 6.20 Å². The number of aryl methyl sites for hydroxylation is 1. The smallest absolute Gasteiger partial charge is 0.248 e. The number of aromatic nitrogens is 1. The average molecular weight is 403 g/mol. The number of hydrogen-bond donors (Lipinski definition) is 2. The van der Waals surface area contributed by atoms with Crippen LogP contribution < -0.4 is 15.4 Å². The lowest BCUT2D eigenvalue weighted by Crippen LogP contribution is -2.19. The van der Waals surface area contributed by atoms with E-state index in [2.05, 4.69) is 15.6 Å². The van der Waals surface area contributed by atoms with Crippen LogP contribution in [-0.4, -0.2) is 16.8 Å². The Labute approximate surface area is 172 Å². The molecule has 0 spiro atoms. The molecule has 0 unspecified atom stereocenters. The molecule has 0 fully saturated rings. The molecule has 2 N–H and O–H groups in total. The standard InChI is InChI=1S/C23H18FN3O3/c24-19-12-15(3-8-21(19)30-18-2-1-11-25-14-18)4-9-22(28)26-17-6-7-20-16(13-17)5-10-23(29)27-20/h1-4,6-9,11-14H,5,10H2,(H,26,28)(H,27,29)/b9-4+. The number of carbonyl (C=O) groups is 2. The normalized spacial score (nSPS) is 12.9. The fourth-order valence-corrected chi connectivity index (χ4v) is 3.05. The summed E-state index contributed by atoms with van der Waals surface area (Å²) in [7, 11) is 0. The minimum absolute atomic E-state index is 0.00805.